The molecule has 1 aromatic rings. The summed E-state index contributed by atoms with van der Waals surface area (Å²) in [4.78, 5) is 17.6. The SMILES string of the molecule is COc1cc[nH]c1C1=NC(=O)C=C1. The van der Waals surface area contributed by atoms with Crippen LogP contribution >= 0.6 is 0 Å². The third-order valence-corrected chi connectivity index (χ3v) is 1.80. The summed E-state index contributed by atoms with van der Waals surface area (Å²) in [6.07, 6.45) is 4.83. The standard InChI is InChI=1S/C9H8N2O2/c1-13-7-4-5-10-9(7)6-2-3-8(12)11-6/h2-5,10H,1H3. The quantitative estimate of drug-likeness (QED) is 0.728. The van der Waals surface area contributed by atoms with E-state index in [9.17, 15) is 4.79 Å². The van der Waals surface area contributed by atoms with E-state index in [1.54, 1.807) is 25.4 Å². The van der Waals surface area contributed by atoms with Crippen molar-refractivity contribution in [3.63, 3.8) is 0 Å². The van der Waals surface area contributed by atoms with Gasteiger partial charge in [0.2, 0.25) is 0 Å². The Morgan fingerprint density at radius 3 is 2.92 bits per heavy atom. The molecule has 1 aliphatic rings. The van der Waals surface area contributed by atoms with Gasteiger partial charge in [-0.1, -0.05) is 0 Å². The maximum absolute atomic E-state index is 10.8. The van der Waals surface area contributed by atoms with Gasteiger partial charge >= 0.3 is 0 Å². The summed E-state index contributed by atoms with van der Waals surface area (Å²) < 4.78 is 5.08. The number of H-pyrrole nitrogens is 1. The van der Waals surface area contributed by atoms with E-state index in [1.165, 1.54) is 6.08 Å². The lowest BCUT2D eigenvalue weighted by molar-refractivity contribution is -0.113. The van der Waals surface area contributed by atoms with Crippen LogP contribution in [0.5, 0.6) is 5.75 Å². The van der Waals surface area contributed by atoms with Crippen LogP contribution in [0.4, 0.5) is 0 Å². The second-order valence-electron chi connectivity index (χ2n) is 2.59. The van der Waals surface area contributed by atoms with Crippen LogP contribution in [0.1, 0.15) is 5.69 Å². The average molecular weight is 176 g/mol. The molecule has 66 valence electrons. The molecule has 0 aromatic carbocycles. The lowest BCUT2D eigenvalue weighted by atomic mass is 10.2. The van der Waals surface area contributed by atoms with Crippen LogP contribution in [-0.2, 0) is 4.79 Å². The number of nitrogens with one attached hydrogen (secondary N) is 1. The van der Waals surface area contributed by atoms with Crippen LogP contribution in [0.15, 0.2) is 29.4 Å². The first-order valence-electron chi connectivity index (χ1n) is 3.84. The molecule has 1 aliphatic heterocycles. The van der Waals surface area contributed by atoms with Crippen molar-refractivity contribution in [1.82, 2.24) is 4.98 Å². The van der Waals surface area contributed by atoms with Gasteiger partial charge in [-0.15, -0.1) is 0 Å². The molecule has 2 rings (SSSR count). The van der Waals surface area contributed by atoms with E-state index >= 15 is 0 Å². The zero-order chi connectivity index (χ0) is 9.26. The molecule has 0 spiro atoms. The van der Waals surface area contributed by atoms with Crippen molar-refractivity contribution in [2.75, 3.05) is 7.11 Å². The zero-order valence-corrected chi connectivity index (χ0v) is 7.07. The van der Waals surface area contributed by atoms with Gasteiger partial charge in [0.25, 0.3) is 5.91 Å². The number of amides is 1. The van der Waals surface area contributed by atoms with Gasteiger partial charge in [-0.05, 0) is 12.1 Å². The number of hydrogen-bond donors (Lipinski definition) is 1. The highest BCUT2D eigenvalue weighted by Gasteiger charge is 2.13. The van der Waals surface area contributed by atoms with Gasteiger partial charge in [-0.2, -0.15) is 0 Å². The fraction of sp³-hybridized carbons (Fsp3) is 0.111. The van der Waals surface area contributed by atoms with Crippen molar-refractivity contribution in [1.29, 1.82) is 0 Å². The van der Waals surface area contributed by atoms with Gasteiger partial charge < -0.3 is 9.72 Å². The molecular weight excluding hydrogens is 168 g/mol. The molecule has 0 unspecified atom stereocenters. The Morgan fingerprint density at radius 1 is 1.46 bits per heavy atom. The maximum atomic E-state index is 10.8. The third-order valence-electron chi connectivity index (χ3n) is 1.80. The number of carbonyl (C=O) groups is 1. The number of hydrogen-bond acceptors (Lipinski definition) is 2. The van der Waals surface area contributed by atoms with E-state index in [0.29, 0.717) is 11.5 Å². The molecule has 0 saturated carbocycles. The van der Waals surface area contributed by atoms with E-state index in [2.05, 4.69) is 9.98 Å². The summed E-state index contributed by atoms with van der Waals surface area (Å²) in [5.74, 6) is 0.463. The van der Waals surface area contributed by atoms with Crippen molar-refractivity contribution < 1.29 is 9.53 Å². The first kappa shape index (κ1) is 7.79. The first-order valence-corrected chi connectivity index (χ1v) is 3.84. The third kappa shape index (κ3) is 1.26. The van der Waals surface area contributed by atoms with Crippen molar-refractivity contribution in [2.45, 2.75) is 0 Å². The van der Waals surface area contributed by atoms with E-state index < -0.39 is 0 Å². The van der Waals surface area contributed by atoms with E-state index in [1.807, 2.05) is 0 Å². The molecule has 4 heteroatoms. The molecule has 4 nitrogen and oxygen atoms in total. The Hall–Kier alpha value is -1.84. The predicted octanol–water partition coefficient (Wildman–Crippen LogP) is 0.909. The minimum Gasteiger partial charge on any atom is -0.494 e. The molecule has 1 N–H and O–H groups in total. The second kappa shape index (κ2) is 2.90. The monoisotopic (exact) mass is 176 g/mol. The summed E-state index contributed by atoms with van der Waals surface area (Å²) in [6, 6.07) is 1.79. The van der Waals surface area contributed by atoms with Crippen molar-refractivity contribution in [3.8, 4) is 5.75 Å². The molecular formula is C9H8N2O2. The lowest BCUT2D eigenvalue weighted by Crippen LogP contribution is -1.98. The molecule has 0 radical (unpaired) electrons. The summed E-state index contributed by atoms with van der Waals surface area (Å²) in [7, 11) is 1.58. The lowest BCUT2D eigenvalue weighted by Gasteiger charge is -1.99. The van der Waals surface area contributed by atoms with Crippen LogP contribution in [0, 0.1) is 0 Å². The molecule has 2 heterocycles. The van der Waals surface area contributed by atoms with E-state index in [4.69, 9.17) is 4.74 Å². The van der Waals surface area contributed by atoms with Gasteiger partial charge in [-0.3, -0.25) is 4.79 Å². The van der Waals surface area contributed by atoms with Crippen LogP contribution in [-0.4, -0.2) is 23.7 Å². The van der Waals surface area contributed by atoms with Crippen LogP contribution in [0.3, 0.4) is 0 Å². The number of carbonyl (C=O) groups excluding carboxylic acids is 1. The van der Waals surface area contributed by atoms with Crippen LogP contribution in [0.25, 0.3) is 0 Å². The van der Waals surface area contributed by atoms with Crippen LogP contribution < -0.4 is 4.74 Å². The topological polar surface area (TPSA) is 54.4 Å². The Labute approximate surface area is 74.9 Å². The summed E-state index contributed by atoms with van der Waals surface area (Å²) >= 11 is 0. The Morgan fingerprint density at radius 2 is 2.31 bits per heavy atom. The Bertz CT molecular complexity index is 402. The van der Waals surface area contributed by atoms with Gasteiger partial charge in [-0.25, -0.2) is 4.99 Å². The molecule has 13 heavy (non-hydrogen) atoms. The summed E-state index contributed by atoms with van der Waals surface area (Å²) in [5.41, 5.74) is 1.36. The molecule has 0 saturated heterocycles. The van der Waals surface area contributed by atoms with Crippen molar-refractivity contribution in [2.24, 2.45) is 4.99 Å². The molecule has 1 amide bonds. The maximum Gasteiger partial charge on any atom is 0.270 e. The molecule has 0 atom stereocenters. The predicted molar refractivity (Wildman–Crippen MR) is 48.0 cm³/mol. The minimum atomic E-state index is -0.230. The van der Waals surface area contributed by atoms with Gasteiger partial charge in [0, 0.05) is 12.3 Å². The first-order chi connectivity index (χ1) is 6.31. The minimum absolute atomic E-state index is 0.230. The van der Waals surface area contributed by atoms with Gasteiger partial charge in [0.15, 0.2) is 0 Å². The average Bonchev–Trinajstić information content (AvgIpc) is 2.71. The normalized spacial score (nSPS) is 14.8. The Kier molecular flexibility index (Phi) is 1.73. The number of rotatable bonds is 2. The summed E-state index contributed by atoms with van der Waals surface area (Å²) in [6.45, 7) is 0. The highest BCUT2D eigenvalue weighted by atomic mass is 16.5. The number of aliphatic imine (C=N–C) groups is 1. The molecule has 1 aromatic heterocycles. The highest BCUT2D eigenvalue weighted by molar-refractivity contribution is 6.20. The van der Waals surface area contributed by atoms with Crippen molar-refractivity contribution >= 4 is 11.6 Å². The smallest absolute Gasteiger partial charge is 0.270 e. The van der Waals surface area contributed by atoms with Gasteiger partial charge in [0.05, 0.1) is 12.8 Å². The number of aromatic amines is 1. The van der Waals surface area contributed by atoms with Crippen molar-refractivity contribution in [3.05, 3.63) is 30.1 Å². The largest absolute Gasteiger partial charge is 0.494 e. The Balaban J connectivity index is 2.41. The summed E-state index contributed by atoms with van der Waals surface area (Å²) in [5, 5.41) is 0. The fourth-order valence-electron chi connectivity index (χ4n) is 1.21. The fourth-order valence-corrected chi connectivity index (χ4v) is 1.21. The number of allylic oxidation sites excluding steroid dienone is 1. The van der Waals surface area contributed by atoms with E-state index in [0.717, 1.165) is 5.69 Å². The number of methoxy groups -OCH3 is 1. The van der Waals surface area contributed by atoms with E-state index in [-0.39, 0.29) is 5.91 Å². The van der Waals surface area contributed by atoms with Crippen LogP contribution in [0.2, 0.25) is 0 Å². The highest BCUT2D eigenvalue weighted by Crippen LogP contribution is 2.18. The second-order valence-corrected chi connectivity index (χ2v) is 2.59. The molecule has 0 aliphatic carbocycles. The number of ether oxygens (including phenoxy) is 1. The van der Waals surface area contributed by atoms with Gasteiger partial charge in [0.1, 0.15) is 11.4 Å². The number of nitrogens with zero attached hydrogens (tertiary/aromatic N) is 1. The number of aromatic nitrogens is 1. The molecule has 0 fully saturated rings. The zero-order valence-electron chi connectivity index (χ0n) is 7.07. The molecule has 0 bridgehead atoms.